The lowest BCUT2D eigenvalue weighted by atomic mass is 10.4. The van der Waals surface area contributed by atoms with Crippen molar-refractivity contribution < 1.29 is 4.74 Å². The second kappa shape index (κ2) is 10.3. The van der Waals surface area contributed by atoms with Crippen LogP contribution in [0, 0.1) is 0 Å². The maximum Gasteiger partial charge on any atom is 0.0649 e. The summed E-state index contributed by atoms with van der Waals surface area (Å²) in [5.41, 5.74) is 0. The number of hydrogen-bond acceptors (Lipinski definition) is 1. The fourth-order valence-electron chi connectivity index (χ4n) is 0.712. The van der Waals surface area contributed by atoms with Crippen LogP contribution >= 0.6 is 47.8 Å². The van der Waals surface area contributed by atoms with Crippen molar-refractivity contribution in [2.45, 2.75) is 0 Å². The van der Waals surface area contributed by atoms with Gasteiger partial charge in [-0.2, -0.15) is 0 Å². The molecule has 16 heavy (non-hydrogen) atoms. The van der Waals surface area contributed by atoms with Gasteiger partial charge in [-0.05, 0) is 59.9 Å². The van der Waals surface area contributed by atoms with Crippen LogP contribution in [-0.4, -0.2) is 13.2 Å². The molecular weight excluding hydrogens is 400 g/mol. The zero-order valence-electron chi connectivity index (χ0n) is 8.76. The summed E-state index contributed by atoms with van der Waals surface area (Å²) in [5.74, 6) is 0. The third-order valence-electron chi connectivity index (χ3n) is 1.38. The van der Waals surface area contributed by atoms with E-state index in [4.69, 9.17) is 4.74 Å². The van der Waals surface area contributed by atoms with Crippen LogP contribution in [0.5, 0.6) is 0 Å². The van der Waals surface area contributed by atoms with Crippen LogP contribution in [0.4, 0.5) is 0 Å². The maximum absolute atomic E-state index is 4.90. The van der Waals surface area contributed by atoms with Crippen molar-refractivity contribution in [3.63, 3.8) is 0 Å². The summed E-state index contributed by atoms with van der Waals surface area (Å²) < 4.78 is 8.09. The highest BCUT2D eigenvalue weighted by molar-refractivity contribution is 9.14. The molecule has 0 aliphatic heterocycles. The average molecular weight is 413 g/mol. The monoisotopic (exact) mass is 410 g/mol. The van der Waals surface area contributed by atoms with E-state index >= 15 is 0 Å². The van der Waals surface area contributed by atoms with E-state index < -0.39 is 0 Å². The minimum atomic E-state index is 0.617. The fraction of sp³-hybridized carbons (Fsp3) is 0.167. The van der Waals surface area contributed by atoms with E-state index in [1.807, 2.05) is 18.2 Å². The summed E-state index contributed by atoms with van der Waals surface area (Å²) in [6.07, 6.45) is 3.42. The van der Waals surface area contributed by atoms with Gasteiger partial charge in [-0.25, -0.2) is 0 Å². The van der Waals surface area contributed by atoms with Gasteiger partial charge >= 0.3 is 0 Å². The Bertz CT molecular complexity index is 309. The quantitative estimate of drug-likeness (QED) is 0.368. The highest BCUT2D eigenvalue weighted by Gasteiger charge is 1.97. The summed E-state index contributed by atoms with van der Waals surface area (Å²) >= 11 is 10.1. The number of hydrogen-bond donors (Lipinski definition) is 0. The lowest BCUT2D eigenvalue weighted by Gasteiger charge is -1.95. The molecule has 0 aliphatic carbocycles. The molecule has 0 aliphatic rings. The van der Waals surface area contributed by atoms with Crippen LogP contribution in [0.2, 0.25) is 0 Å². The van der Waals surface area contributed by atoms with Crippen molar-refractivity contribution in [2.75, 3.05) is 13.2 Å². The van der Waals surface area contributed by atoms with Gasteiger partial charge in [0.05, 0.1) is 13.2 Å². The third kappa shape index (κ3) is 7.39. The van der Waals surface area contributed by atoms with Crippen molar-refractivity contribution in [2.24, 2.45) is 0 Å². The van der Waals surface area contributed by atoms with Gasteiger partial charge in [-0.15, -0.1) is 13.2 Å². The second-order valence-corrected chi connectivity index (χ2v) is 5.15. The Labute approximate surface area is 122 Å². The molecule has 0 N–H and O–H groups in total. The molecular formula is C12H13Br3O. The van der Waals surface area contributed by atoms with Gasteiger partial charge in [0.15, 0.2) is 0 Å². The van der Waals surface area contributed by atoms with Crippen LogP contribution in [0.3, 0.4) is 0 Å². The Morgan fingerprint density at radius 3 is 1.75 bits per heavy atom. The molecule has 0 saturated carbocycles. The Morgan fingerprint density at radius 2 is 1.44 bits per heavy atom. The molecule has 1 nitrogen and oxygen atoms in total. The molecule has 1 rings (SSSR count). The lowest BCUT2D eigenvalue weighted by molar-refractivity contribution is 0.194. The molecule has 0 heterocycles. The molecule has 0 saturated heterocycles. The molecule has 4 heteroatoms. The molecule has 0 bridgehead atoms. The summed E-state index contributed by atoms with van der Waals surface area (Å²) in [4.78, 5) is 0. The van der Waals surface area contributed by atoms with E-state index in [0.29, 0.717) is 13.2 Å². The average Bonchev–Trinajstić information content (AvgIpc) is 2.27. The largest absolute Gasteiger partial charge is 0.373 e. The molecule has 1 aromatic rings. The van der Waals surface area contributed by atoms with Gasteiger partial charge in [0.2, 0.25) is 0 Å². The zero-order chi connectivity index (χ0) is 12.4. The molecule has 0 fully saturated rings. The topological polar surface area (TPSA) is 9.23 Å². The first-order valence-corrected chi connectivity index (χ1v) is 6.90. The number of halogens is 3. The maximum atomic E-state index is 4.90. The SMILES string of the molecule is Brc1cccc(Br)c1Br.C=CCOCC=C. The van der Waals surface area contributed by atoms with E-state index in [1.54, 1.807) is 12.2 Å². The first-order chi connectivity index (χ1) is 7.63. The molecule has 0 atom stereocenters. The van der Waals surface area contributed by atoms with Crippen LogP contribution < -0.4 is 0 Å². The van der Waals surface area contributed by atoms with E-state index in [-0.39, 0.29) is 0 Å². The van der Waals surface area contributed by atoms with E-state index in [2.05, 4.69) is 60.9 Å². The highest BCUT2D eigenvalue weighted by atomic mass is 79.9. The summed E-state index contributed by atoms with van der Waals surface area (Å²) in [7, 11) is 0. The smallest absolute Gasteiger partial charge is 0.0649 e. The first kappa shape index (κ1) is 16.1. The van der Waals surface area contributed by atoms with Crippen LogP contribution in [-0.2, 0) is 4.74 Å². The van der Waals surface area contributed by atoms with Crippen LogP contribution in [0.25, 0.3) is 0 Å². The van der Waals surface area contributed by atoms with Gasteiger partial charge in [0, 0.05) is 13.4 Å². The molecule has 0 amide bonds. The molecule has 88 valence electrons. The van der Waals surface area contributed by atoms with Crippen LogP contribution in [0.15, 0.2) is 56.9 Å². The second-order valence-electron chi connectivity index (χ2n) is 2.65. The van der Waals surface area contributed by atoms with Gasteiger partial charge < -0.3 is 4.74 Å². The van der Waals surface area contributed by atoms with Crippen LogP contribution in [0.1, 0.15) is 0 Å². The summed E-state index contributed by atoms with van der Waals surface area (Å²) in [6, 6.07) is 5.93. The molecule has 0 unspecified atom stereocenters. The molecule has 1 aromatic carbocycles. The van der Waals surface area contributed by atoms with Crippen molar-refractivity contribution in [3.8, 4) is 0 Å². The van der Waals surface area contributed by atoms with E-state index in [1.165, 1.54) is 0 Å². The van der Waals surface area contributed by atoms with Gasteiger partial charge in [-0.1, -0.05) is 18.2 Å². The summed E-state index contributed by atoms with van der Waals surface area (Å²) in [6.45, 7) is 8.18. The van der Waals surface area contributed by atoms with Crippen molar-refractivity contribution in [1.82, 2.24) is 0 Å². The molecule has 0 aromatic heterocycles. The Morgan fingerprint density at radius 1 is 1.00 bits per heavy atom. The van der Waals surface area contributed by atoms with E-state index in [0.717, 1.165) is 13.4 Å². The lowest BCUT2D eigenvalue weighted by Crippen LogP contribution is -1.87. The number of rotatable bonds is 4. The molecule has 0 spiro atoms. The van der Waals surface area contributed by atoms with E-state index in [9.17, 15) is 0 Å². The minimum absolute atomic E-state index is 0.617. The molecule has 0 radical (unpaired) electrons. The van der Waals surface area contributed by atoms with Crippen molar-refractivity contribution in [3.05, 3.63) is 56.9 Å². The Kier molecular flexibility index (Phi) is 10.3. The third-order valence-corrected chi connectivity index (χ3v) is 4.62. The van der Waals surface area contributed by atoms with Gasteiger partial charge in [-0.3, -0.25) is 0 Å². The van der Waals surface area contributed by atoms with Gasteiger partial charge in [0.25, 0.3) is 0 Å². The standard InChI is InChI=1S/C6H3Br3.C6H10O/c7-4-2-1-3-5(8)6(4)9;1-3-5-7-6-4-2/h1-3H;3-4H,1-2,5-6H2. The predicted octanol–water partition coefficient (Wildman–Crippen LogP) is 5.35. The predicted molar refractivity (Wildman–Crippen MR) is 80.8 cm³/mol. The minimum Gasteiger partial charge on any atom is -0.373 e. The first-order valence-electron chi connectivity index (χ1n) is 4.52. The fourth-order valence-corrected chi connectivity index (χ4v) is 1.97. The zero-order valence-corrected chi connectivity index (χ0v) is 13.5. The Hall–Kier alpha value is 0.1000. The van der Waals surface area contributed by atoms with Gasteiger partial charge in [0.1, 0.15) is 0 Å². The van der Waals surface area contributed by atoms with Crippen molar-refractivity contribution >= 4 is 47.8 Å². The highest BCUT2D eigenvalue weighted by Crippen LogP contribution is 2.29. The number of ether oxygens (including phenoxy) is 1. The van der Waals surface area contributed by atoms with Crippen molar-refractivity contribution in [1.29, 1.82) is 0 Å². The number of benzene rings is 1. The normalized spacial score (nSPS) is 8.94. The summed E-state index contributed by atoms with van der Waals surface area (Å²) in [5, 5.41) is 0. The Balaban J connectivity index is 0.000000293.